The van der Waals surface area contributed by atoms with Crippen LogP contribution in [-0.4, -0.2) is 55.8 Å². The quantitative estimate of drug-likeness (QED) is 0.251. The third-order valence-corrected chi connectivity index (χ3v) is 7.86. The lowest BCUT2D eigenvalue weighted by atomic mass is 9.84. The number of carbonyl (C=O) groups is 1. The van der Waals surface area contributed by atoms with Gasteiger partial charge < -0.3 is 14.9 Å². The van der Waals surface area contributed by atoms with Gasteiger partial charge in [-0.05, 0) is 70.6 Å². The van der Waals surface area contributed by atoms with Gasteiger partial charge in [-0.1, -0.05) is 18.2 Å². The molecule has 0 saturated carbocycles. The van der Waals surface area contributed by atoms with E-state index in [0.29, 0.717) is 41.5 Å². The maximum Gasteiger partial charge on any atom is 0.323 e. The van der Waals surface area contributed by atoms with Crippen LogP contribution < -0.4 is 9.80 Å². The van der Waals surface area contributed by atoms with Crippen molar-refractivity contribution in [1.82, 2.24) is 25.2 Å². The number of rotatable bonds is 8. The number of halogens is 4. The van der Waals surface area contributed by atoms with Gasteiger partial charge in [-0.15, -0.1) is 5.10 Å². The fraction of sp³-hybridized carbons (Fsp3) is 0.188. The summed E-state index contributed by atoms with van der Waals surface area (Å²) in [5, 5.41) is 30.6. The van der Waals surface area contributed by atoms with Crippen molar-refractivity contribution in [1.29, 1.82) is 5.26 Å². The van der Waals surface area contributed by atoms with Gasteiger partial charge in [0.15, 0.2) is 5.60 Å². The van der Waals surface area contributed by atoms with E-state index < -0.39 is 41.0 Å². The van der Waals surface area contributed by atoms with E-state index in [4.69, 9.17) is 5.26 Å². The summed E-state index contributed by atoms with van der Waals surface area (Å²) in [7, 11) is 0. The highest BCUT2D eigenvalue weighted by molar-refractivity contribution is 5.98. The fourth-order valence-electron chi connectivity index (χ4n) is 5.38. The minimum atomic E-state index is -4.18. The fourth-order valence-corrected chi connectivity index (χ4v) is 5.38. The van der Waals surface area contributed by atoms with E-state index in [1.807, 2.05) is 17.0 Å². The average Bonchev–Trinajstić information content (AvgIpc) is 3.57. The number of aliphatic hydroxyl groups is 1. The highest BCUT2D eigenvalue weighted by atomic mass is 19.3. The van der Waals surface area contributed by atoms with Crippen molar-refractivity contribution < 1.29 is 27.5 Å². The molecule has 2 aromatic heterocycles. The first-order valence-corrected chi connectivity index (χ1v) is 14.0. The van der Waals surface area contributed by atoms with Crippen LogP contribution in [0.3, 0.4) is 0 Å². The number of nitriles is 1. The molecular formula is C32H24F4N8O2. The molecule has 3 aromatic carbocycles. The van der Waals surface area contributed by atoms with E-state index in [1.54, 1.807) is 41.3 Å². The van der Waals surface area contributed by atoms with Crippen molar-refractivity contribution >= 4 is 17.3 Å². The summed E-state index contributed by atoms with van der Waals surface area (Å²) in [6, 6.07) is 20.4. The zero-order valence-electron chi connectivity index (χ0n) is 23.9. The molecule has 1 saturated heterocycles. The van der Waals surface area contributed by atoms with Crippen LogP contribution >= 0.6 is 0 Å². The zero-order chi connectivity index (χ0) is 32.5. The second-order valence-electron chi connectivity index (χ2n) is 10.7. The minimum Gasteiger partial charge on any atom is -0.377 e. The summed E-state index contributed by atoms with van der Waals surface area (Å²) < 4.78 is 61.3. The molecule has 0 spiro atoms. The molecule has 46 heavy (non-hydrogen) atoms. The molecule has 1 aliphatic rings. The minimum absolute atomic E-state index is 0.108. The SMILES string of the molecule is N#Cc1ccc(N2CCN(c3ccc(-c4ccc(C(F)(F)[C@](O)(Cn5cnnn5)c5ccc(F)cc5F)nc4)cc3)C(=O)C2)cc1. The number of aromatic nitrogens is 5. The smallest absolute Gasteiger partial charge is 0.323 e. The summed E-state index contributed by atoms with van der Waals surface area (Å²) in [5.41, 5.74) is -1.81. The first-order valence-electron chi connectivity index (χ1n) is 14.0. The van der Waals surface area contributed by atoms with Gasteiger partial charge in [0.2, 0.25) is 5.91 Å². The van der Waals surface area contributed by atoms with E-state index >= 15 is 8.78 Å². The summed E-state index contributed by atoms with van der Waals surface area (Å²) >= 11 is 0. The largest absolute Gasteiger partial charge is 0.377 e. The second-order valence-corrected chi connectivity index (χ2v) is 10.7. The van der Waals surface area contributed by atoms with Gasteiger partial charge in [0.25, 0.3) is 0 Å². The number of alkyl halides is 2. The van der Waals surface area contributed by atoms with Gasteiger partial charge in [-0.2, -0.15) is 14.0 Å². The number of amides is 1. The number of hydrogen-bond donors (Lipinski definition) is 1. The Morgan fingerprint density at radius 2 is 1.63 bits per heavy atom. The Balaban J connectivity index is 1.20. The average molecular weight is 629 g/mol. The van der Waals surface area contributed by atoms with Crippen LogP contribution in [0.4, 0.5) is 28.9 Å². The molecule has 232 valence electrons. The Morgan fingerprint density at radius 3 is 2.24 bits per heavy atom. The van der Waals surface area contributed by atoms with Crippen LogP contribution in [0.1, 0.15) is 16.8 Å². The number of pyridine rings is 1. The molecule has 1 N–H and O–H groups in total. The summed E-state index contributed by atoms with van der Waals surface area (Å²) in [6.45, 7) is 0.224. The molecule has 6 rings (SSSR count). The third-order valence-electron chi connectivity index (χ3n) is 7.86. The van der Waals surface area contributed by atoms with Crippen LogP contribution in [0.25, 0.3) is 11.1 Å². The number of carbonyl (C=O) groups excluding carboxylic acids is 1. The molecule has 0 radical (unpaired) electrons. The summed E-state index contributed by atoms with van der Waals surface area (Å²) in [4.78, 5) is 20.5. The second kappa shape index (κ2) is 12.0. The predicted octanol–water partition coefficient (Wildman–Crippen LogP) is 4.42. The number of anilines is 2. The van der Waals surface area contributed by atoms with E-state index in [-0.39, 0.29) is 12.5 Å². The predicted molar refractivity (Wildman–Crippen MR) is 157 cm³/mol. The Kier molecular flexibility index (Phi) is 7.93. The molecule has 3 heterocycles. The molecule has 14 heteroatoms. The Labute approximate surface area is 259 Å². The van der Waals surface area contributed by atoms with Crippen molar-refractivity contribution in [3.8, 4) is 17.2 Å². The van der Waals surface area contributed by atoms with Gasteiger partial charge in [0, 0.05) is 47.9 Å². The van der Waals surface area contributed by atoms with Crippen molar-refractivity contribution in [2.75, 3.05) is 29.4 Å². The van der Waals surface area contributed by atoms with Gasteiger partial charge in [-0.25, -0.2) is 13.5 Å². The molecule has 0 bridgehead atoms. The number of piperazine rings is 1. The number of benzene rings is 3. The number of tetrazole rings is 1. The van der Waals surface area contributed by atoms with Gasteiger partial charge in [0.05, 0.1) is 24.7 Å². The van der Waals surface area contributed by atoms with Crippen molar-refractivity contribution in [2.24, 2.45) is 0 Å². The Morgan fingerprint density at radius 1 is 0.913 bits per heavy atom. The molecule has 1 aliphatic heterocycles. The van der Waals surface area contributed by atoms with Crippen LogP contribution in [-0.2, 0) is 22.9 Å². The van der Waals surface area contributed by atoms with E-state index in [9.17, 15) is 18.7 Å². The van der Waals surface area contributed by atoms with Crippen molar-refractivity contribution in [2.45, 2.75) is 18.1 Å². The van der Waals surface area contributed by atoms with Gasteiger partial charge in [0.1, 0.15) is 23.7 Å². The molecule has 10 nitrogen and oxygen atoms in total. The van der Waals surface area contributed by atoms with Gasteiger partial charge >= 0.3 is 5.92 Å². The first-order chi connectivity index (χ1) is 22.1. The van der Waals surface area contributed by atoms with Crippen molar-refractivity contribution in [3.05, 3.63) is 120 Å². The Hall–Kier alpha value is -5.68. The Bertz CT molecular complexity index is 1900. The maximum atomic E-state index is 16.1. The van der Waals surface area contributed by atoms with E-state index in [2.05, 4.69) is 26.6 Å². The lowest BCUT2D eigenvalue weighted by Gasteiger charge is -2.36. The number of hydrogen-bond acceptors (Lipinski definition) is 8. The standard InChI is InChI=1S/C32H24F4N8O2/c33-24-6-11-27(28(34)15-24)31(46,19-43-20-39-40-41-43)32(35,36)29-12-5-23(17-38-29)22-3-9-26(10-4-22)44-14-13-42(18-30(44)45)25-7-1-21(16-37)2-8-25/h1-12,15,17,20,46H,13-14,18-19H2/t31-/m0/s1. The molecule has 5 aromatic rings. The van der Waals surface area contributed by atoms with Gasteiger partial charge in [-0.3, -0.25) is 9.78 Å². The normalized spacial score (nSPS) is 15.0. The van der Waals surface area contributed by atoms with E-state index in [0.717, 1.165) is 34.9 Å². The molecule has 1 atom stereocenters. The molecular weight excluding hydrogens is 604 g/mol. The number of nitrogens with zero attached hydrogens (tertiary/aromatic N) is 8. The van der Waals surface area contributed by atoms with Crippen LogP contribution in [0, 0.1) is 23.0 Å². The zero-order valence-corrected chi connectivity index (χ0v) is 23.9. The first kappa shape index (κ1) is 30.4. The van der Waals surface area contributed by atoms with Crippen LogP contribution in [0.2, 0.25) is 0 Å². The topological polar surface area (TPSA) is 124 Å². The molecule has 0 unspecified atom stereocenters. The third kappa shape index (κ3) is 5.64. The monoisotopic (exact) mass is 628 g/mol. The van der Waals surface area contributed by atoms with E-state index in [1.165, 1.54) is 12.3 Å². The molecule has 1 amide bonds. The van der Waals surface area contributed by atoms with Crippen molar-refractivity contribution in [3.63, 3.8) is 0 Å². The summed E-state index contributed by atoms with van der Waals surface area (Å²) in [6.07, 6.45) is 2.17. The maximum absolute atomic E-state index is 16.1. The molecule has 0 aliphatic carbocycles. The summed E-state index contributed by atoms with van der Waals surface area (Å²) in [5.74, 6) is -6.66. The highest BCUT2D eigenvalue weighted by Gasteiger charge is 2.58. The lowest BCUT2D eigenvalue weighted by molar-refractivity contribution is -0.207. The molecule has 1 fully saturated rings. The van der Waals surface area contributed by atoms with Crippen LogP contribution in [0.15, 0.2) is 91.4 Å². The lowest BCUT2D eigenvalue weighted by Crippen LogP contribution is -2.50. The van der Waals surface area contributed by atoms with Crippen LogP contribution in [0.5, 0.6) is 0 Å². The highest BCUT2D eigenvalue weighted by Crippen LogP contribution is 2.47.